The van der Waals surface area contributed by atoms with Gasteiger partial charge in [-0.05, 0) is 37.2 Å². The Balaban J connectivity index is 2.50. The summed E-state index contributed by atoms with van der Waals surface area (Å²) in [5.74, 6) is 0. The summed E-state index contributed by atoms with van der Waals surface area (Å²) < 4.78 is 0. The molecule has 2 aromatic rings. The van der Waals surface area contributed by atoms with Gasteiger partial charge in [0.1, 0.15) is 5.60 Å². The van der Waals surface area contributed by atoms with Crippen LogP contribution >= 0.6 is 0 Å². The first-order valence-electron chi connectivity index (χ1n) is 7.20. The summed E-state index contributed by atoms with van der Waals surface area (Å²) in [6.07, 6.45) is 0.570. The molecule has 2 N–H and O–H groups in total. The van der Waals surface area contributed by atoms with Crippen molar-refractivity contribution in [3.05, 3.63) is 71.3 Å². The third kappa shape index (κ3) is 3.50. The molecule has 0 aliphatic heterocycles. The molecule has 3 heteroatoms. The minimum Gasteiger partial charge on any atom is -0.392 e. The number of nitrogens with zero attached hydrogens (tertiary/aromatic N) is 1. The average molecular weight is 285 g/mol. The molecule has 0 saturated heterocycles. The van der Waals surface area contributed by atoms with E-state index in [-0.39, 0.29) is 6.61 Å². The molecule has 2 aromatic carbocycles. The Morgan fingerprint density at radius 1 is 0.952 bits per heavy atom. The van der Waals surface area contributed by atoms with E-state index in [1.807, 2.05) is 68.7 Å². The largest absolute Gasteiger partial charge is 0.392 e. The highest BCUT2D eigenvalue weighted by Crippen LogP contribution is 2.35. The second-order valence-electron chi connectivity index (χ2n) is 5.59. The van der Waals surface area contributed by atoms with Gasteiger partial charge in [-0.3, -0.25) is 0 Å². The Kier molecular flexibility index (Phi) is 5.12. The summed E-state index contributed by atoms with van der Waals surface area (Å²) in [7, 11) is 3.98. The molecule has 0 saturated carbocycles. The standard InChI is InChI=1S/C18H23NO2/c1-19(2)13-12-18(21,16-9-4-3-5-10-16)17-11-7-6-8-15(17)14-20/h3-11,20-21H,12-14H2,1-2H3. The maximum Gasteiger partial charge on any atom is 0.116 e. The molecule has 1 atom stereocenters. The second kappa shape index (κ2) is 6.85. The highest BCUT2D eigenvalue weighted by atomic mass is 16.3. The number of aliphatic hydroxyl groups excluding tert-OH is 1. The van der Waals surface area contributed by atoms with Gasteiger partial charge in [-0.15, -0.1) is 0 Å². The molecule has 112 valence electrons. The fourth-order valence-corrected chi connectivity index (χ4v) is 2.60. The summed E-state index contributed by atoms with van der Waals surface area (Å²) in [6.45, 7) is 0.679. The quantitative estimate of drug-likeness (QED) is 0.856. The molecule has 21 heavy (non-hydrogen) atoms. The zero-order valence-corrected chi connectivity index (χ0v) is 12.7. The van der Waals surface area contributed by atoms with Gasteiger partial charge in [0, 0.05) is 6.54 Å². The van der Waals surface area contributed by atoms with Crippen LogP contribution in [0.1, 0.15) is 23.1 Å². The maximum absolute atomic E-state index is 11.4. The van der Waals surface area contributed by atoms with E-state index in [2.05, 4.69) is 4.90 Å². The van der Waals surface area contributed by atoms with Gasteiger partial charge in [0.25, 0.3) is 0 Å². The molecule has 0 spiro atoms. The predicted octanol–water partition coefficient (Wildman–Crippen LogP) is 2.37. The number of rotatable bonds is 6. The van der Waals surface area contributed by atoms with Crippen LogP contribution in [0.25, 0.3) is 0 Å². The Bertz CT molecular complexity index is 568. The van der Waals surface area contributed by atoms with Crippen molar-refractivity contribution in [3.8, 4) is 0 Å². The van der Waals surface area contributed by atoms with Crippen LogP contribution in [0, 0.1) is 0 Å². The molecule has 0 aromatic heterocycles. The van der Waals surface area contributed by atoms with E-state index in [0.29, 0.717) is 6.42 Å². The summed E-state index contributed by atoms with van der Waals surface area (Å²) in [4.78, 5) is 2.05. The van der Waals surface area contributed by atoms with E-state index >= 15 is 0 Å². The van der Waals surface area contributed by atoms with E-state index < -0.39 is 5.60 Å². The lowest BCUT2D eigenvalue weighted by Gasteiger charge is -2.32. The molecule has 2 rings (SSSR count). The van der Waals surface area contributed by atoms with E-state index in [1.54, 1.807) is 0 Å². The van der Waals surface area contributed by atoms with Gasteiger partial charge in [0.2, 0.25) is 0 Å². The van der Waals surface area contributed by atoms with E-state index in [4.69, 9.17) is 0 Å². The monoisotopic (exact) mass is 285 g/mol. The topological polar surface area (TPSA) is 43.7 Å². The van der Waals surface area contributed by atoms with Gasteiger partial charge in [-0.1, -0.05) is 54.6 Å². The minimum absolute atomic E-state index is 0.0761. The molecule has 0 radical (unpaired) electrons. The van der Waals surface area contributed by atoms with Crippen LogP contribution < -0.4 is 0 Å². The van der Waals surface area contributed by atoms with Crippen LogP contribution in [0.15, 0.2) is 54.6 Å². The first-order valence-corrected chi connectivity index (χ1v) is 7.20. The van der Waals surface area contributed by atoms with Crippen molar-refractivity contribution in [1.82, 2.24) is 4.90 Å². The summed E-state index contributed by atoms with van der Waals surface area (Å²) in [5, 5.41) is 21.0. The predicted molar refractivity (Wildman–Crippen MR) is 85.0 cm³/mol. The maximum atomic E-state index is 11.4. The van der Waals surface area contributed by atoms with Gasteiger partial charge in [0.15, 0.2) is 0 Å². The number of hydrogen-bond acceptors (Lipinski definition) is 3. The third-order valence-electron chi connectivity index (χ3n) is 3.81. The Morgan fingerprint density at radius 3 is 2.19 bits per heavy atom. The van der Waals surface area contributed by atoms with Crippen molar-refractivity contribution in [2.75, 3.05) is 20.6 Å². The van der Waals surface area contributed by atoms with Crippen molar-refractivity contribution in [1.29, 1.82) is 0 Å². The van der Waals surface area contributed by atoms with E-state index in [9.17, 15) is 10.2 Å². The van der Waals surface area contributed by atoms with Gasteiger partial charge in [-0.2, -0.15) is 0 Å². The minimum atomic E-state index is -1.09. The third-order valence-corrected chi connectivity index (χ3v) is 3.81. The lowest BCUT2D eigenvalue weighted by Crippen LogP contribution is -2.32. The lowest BCUT2D eigenvalue weighted by atomic mass is 9.81. The van der Waals surface area contributed by atoms with Crippen LogP contribution in [-0.2, 0) is 12.2 Å². The van der Waals surface area contributed by atoms with Gasteiger partial charge in [0.05, 0.1) is 6.61 Å². The number of hydrogen-bond donors (Lipinski definition) is 2. The van der Waals surface area contributed by atoms with E-state index in [0.717, 1.165) is 23.2 Å². The Hall–Kier alpha value is -1.68. The van der Waals surface area contributed by atoms with Crippen LogP contribution in [-0.4, -0.2) is 35.8 Å². The van der Waals surface area contributed by atoms with Crippen molar-refractivity contribution < 1.29 is 10.2 Å². The molecule has 0 aliphatic rings. The zero-order valence-electron chi connectivity index (χ0n) is 12.7. The highest BCUT2D eigenvalue weighted by molar-refractivity contribution is 5.40. The van der Waals surface area contributed by atoms with Crippen molar-refractivity contribution in [2.45, 2.75) is 18.6 Å². The zero-order chi connectivity index (χ0) is 15.3. The van der Waals surface area contributed by atoms with Crippen molar-refractivity contribution in [2.24, 2.45) is 0 Å². The first kappa shape index (κ1) is 15.7. The molecule has 1 unspecified atom stereocenters. The molecule has 0 bridgehead atoms. The molecule has 0 heterocycles. The summed E-state index contributed by atoms with van der Waals surface area (Å²) >= 11 is 0. The van der Waals surface area contributed by atoms with Crippen LogP contribution in [0.5, 0.6) is 0 Å². The normalized spacial score (nSPS) is 14.1. The Morgan fingerprint density at radius 2 is 1.57 bits per heavy atom. The first-order chi connectivity index (χ1) is 10.1. The number of aliphatic hydroxyl groups is 2. The molecule has 3 nitrogen and oxygen atoms in total. The van der Waals surface area contributed by atoms with E-state index in [1.165, 1.54) is 0 Å². The Labute approximate surface area is 126 Å². The SMILES string of the molecule is CN(C)CCC(O)(c1ccccc1)c1ccccc1CO. The van der Waals surface area contributed by atoms with Crippen LogP contribution in [0.4, 0.5) is 0 Å². The van der Waals surface area contributed by atoms with Crippen LogP contribution in [0.2, 0.25) is 0 Å². The lowest BCUT2D eigenvalue weighted by molar-refractivity contribution is 0.0606. The fourth-order valence-electron chi connectivity index (χ4n) is 2.60. The molecular weight excluding hydrogens is 262 g/mol. The molecule has 0 aliphatic carbocycles. The molecular formula is C18H23NO2. The fraction of sp³-hybridized carbons (Fsp3) is 0.333. The smallest absolute Gasteiger partial charge is 0.116 e. The highest BCUT2D eigenvalue weighted by Gasteiger charge is 2.33. The van der Waals surface area contributed by atoms with Gasteiger partial charge < -0.3 is 15.1 Å². The van der Waals surface area contributed by atoms with Crippen LogP contribution in [0.3, 0.4) is 0 Å². The molecule has 0 fully saturated rings. The van der Waals surface area contributed by atoms with Crippen molar-refractivity contribution in [3.63, 3.8) is 0 Å². The number of benzene rings is 2. The second-order valence-corrected chi connectivity index (χ2v) is 5.59. The van der Waals surface area contributed by atoms with Gasteiger partial charge in [-0.25, -0.2) is 0 Å². The van der Waals surface area contributed by atoms with Gasteiger partial charge >= 0.3 is 0 Å². The average Bonchev–Trinajstić information content (AvgIpc) is 2.53. The molecule has 0 amide bonds. The summed E-state index contributed by atoms with van der Waals surface area (Å²) in [5.41, 5.74) is 1.31. The van der Waals surface area contributed by atoms with Crippen molar-refractivity contribution >= 4 is 0 Å². The summed E-state index contributed by atoms with van der Waals surface area (Å²) in [6, 6.07) is 17.2.